The number of thiazole rings is 1. The lowest BCUT2D eigenvalue weighted by molar-refractivity contribution is -0.383. The van der Waals surface area contributed by atoms with Crippen LogP contribution in [0.1, 0.15) is 19.0 Å². The van der Waals surface area contributed by atoms with E-state index in [0.29, 0.717) is 24.5 Å². The summed E-state index contributed by atoms with van der Waals surface area (Å²) in [6.45, 7) is 3.20. The Morgan fingerprint density at radius 2 is 2.10 bits per heavy atom. The van der Waals surface area contributed by atoms with Gasteiger partial charge in [-0.25, -0.2) is 4.98 Å². The number of hydrogen-bond donors (Lipinski definition) is 2. The lowest BCUT2D eigenvalue weighted by Crippen LogP contribution is -2.07. The summed E-state index contributed by atoms with van der Waals surface area (Å²) in [5.41, 5.74) is 3.74. The van der Waals surface area contributed by atoms with E-state index in [9.17, 15) is 10.1 Å². The highest BCUT2D eigenvalue weighted by atomic mass is 32.1. The van der Waals surface area contributed by atoms with Gasteiger partial charge in [-0.3, -0.25) is 10.1 Å². The van der Waals surface area contributed by atoms with Crippen LogP contribution < -0.4 is 10.6 Å². The smallest absolute Gasteiger partial charge is 0.315 e. The molecule has 106 valence electrons. The van der Waals surface area contributed by atoms with Crippen LogP contribution in [-0.2, 0) is 6.54 Å². The molecule has 0 spiro atoms. The van der Waals surface area contributed by atoms with E-state index in [-0.39, 0.29) is 10.6 Å². The van der Waals surface area contributed by atoms with Crippen molar-refractivity contribution in [3.8, 4) is 0 Å². The van der Waals surface area contributed by atoms with E-state index in [1.165, 1.54) is 11.3 Å². The van der Waals surface area contributed by atoms with Gasteiger partial charge >= 0.3 is 5.69 Å². The van der Waals surface area contributed by atoms with Crippen LogP contribution in [0.5, 0.6) is 0 Å². The first-order valence-corrected chi connectivity index (χ1v) is 7.29. The average Bonchev–Trinajstić information content (AvgIpc) is 2.95. The lowest BCUT2D eigenvalue weighted by Gasteiger charge is -2.10. The van der Waals surface area contributed by atoms with Crippen LogP contribution in [0, 0.1) is 10.1 Å². The Morgan fingerprint density at radius 3 is 2.70 bits per heavy atom. The van der Waals surface area contributed by atoms with Crippen LogP contribution >= 0.6 is 11.3 Å². The van der Waals surface area contributed by atoms with Crippen molar-refractivity contribution in [3.63, 3.8) is 0 Å². The highest BCUT2D eigenvalue weighted by Gasteiger charge is 2.19. The molecule has 1 heterocycles. The molecule has 0 aliphatic carbocycles. The highest BCUT2D eigenvalue weighted by molar-refractivity contribution is 7.07. The summed E-state index contributed by atoms with van der Waals surface area (Å²) in [5, 5.41) is 19.4. The number of benzene rings is 1. The number of nitrogens with one attached hydrogen (secondary N) is 2. The van der Waals surface area contributed by atoms with E-state index in [1.54, 1.807) is 23.7 Å². The molecule has 2 rings (SSSR count). The molecular weight excluding hydrogens is 276 g/mol. The van der Waals surface area contributed by atoms with Gasteiger partial charge in [-0.1, -0.05) is 13.0 Å². The molecule has 0 atom stereocenters. The second-order valence-corrected chi connectivity index (χ2v) is 4.94. The molecule has 0 aliphatic heterocycles. The first kappa shape index (κ1) is 14.3. The van der Waals surface area contributed by atoms with E-state index in [1.807, 2.05) is 12.3 Å². The average molecular weight is 292 g/mol. The van der Waals surface area contributed by atoms with Gasteiger partial charge in [0.2, 0.25) is 0 Å². The number of anilines is 2. The van der Waals surface area contributed by atoms with Gasteiger partial charge in [0, 0.05) is 11.9 Å². The zero-order chi connectivity index (χ0) is 14.4. The minimum atomic E-state index is -0.360. The molecule has 0 bridgehead atoms. The molecule has 0 fully saturated rings. The summed E-state index contributed by atoms with van der Waals surface area (Å²) in [6.07, 6.45) is 0.910. The SMILES string of the molecule is CCCNc1cccc(NCc2cscn2)c1[N+](=O)[O-]. The van der Waals surface area contributed by atoms with E-state index < -0.39 is 0 Å². The third kappa shape index (κ3) is 3.45. The molecular formula is C13H16N4O2S. The minimum absolute atomic E-state index is 0.0798. The second-order valence-electron chi connectivity index (χ2n) is 4.22. The minimum Gasteiger partial charge on any atom is -0.379 e. The summed E-state index contributed by atoms with van der Waals surface area (Å²) in [4.78, 5) is 15.1. The Labute approximate surface area is 121 Å². The van der Waals surface area contributed by atoms with Crippen molar-refractivity contribution >= 4 is 28.4 Å². The molecule has 20 heavy (non-hydrogen) atoms. The Hall–Kier alpha value is -2.15. The fourth-order valence-corrected chi connectivity index (χ4v) is 2.35. The number of aromatic nitrogens is 1. The Kier molecular flexibility index (Phi) is 4.89. The molecule has 7 heteroatoms. The number of nitro benzene ring substituents is 1. The Bertz CT molecular complexity index is 572. The topological polar surface area (TPSA) is 80.1 Å². The third-order valence-corrected chi connectivity index (χ3v) is 3.36. The first-order valence-electron chi connectivity index (χ1n) is 6.34. The van der Waals surface area contributed by atoms with Gasteiger partial charge in [-0.2, -0.15) is 0 Å². The maximum atomic E-state index is 11.3. The standard InChI is InChI=1S/C13H16N4O2S/c1-2-6-14-11-4-3-5-12(13(11)17(18)19)15-7-10-8-20-9-16-10/h3-5,8-9,14-15H,2,6-7H2,1H3. The molecule has 0 saturated heterocycles. The molecule has 0 aliphatic rings. The molecule has 0 unspecified atom stereocenters. The van der Waals surface area contributed by atoms with Crippen molar-refractivity contribution in [1.29, 1.82) is 0 Å². The zero-order valence-electron chi connectivity index (χ0n) is 11.1. The molecule has 1 aromatic heterocycles. The van der Waals surface area contributed by atoms with Gasteiger partial charge in [-0.05, 0) is 18.6 Å². The van der Waals surface area contributed by atoms with Crippen LogP contribution in [0.2, 0.25) is 0 Å². The second kappa shape index (κ2) is 6.85. The van der Waals surface area contributed by atoms with Gasteiger partial charge in [0.15, 0.2) is 0 Å². The Balaban J connectivity index is 2.20. The zero-order valence-corrected chi connectivity index (χ0v) is 11.9. The number of para-hydroxylation sites is 1. The summed E-state index contributed by atoms with van der Waals surface area (Å²) in [6, 6.07) is 5.23. The normalized spacial score (nSPS) is 10.2. The molecule has 0 amide bonds. The highest BCUT2D eigenvalue weighted by Crippen LogP contribution is 2.33. The van der Waals surface area contributed by atoms with E-state index >= 15 is 0 Å². The summed E-state index contributed by atoms with van der Waals surface area (Å²) >= 11 is 1.50. The molecule has 0 radical (unpaired) electrons. The molecule has 1 aromatic carbocycles. The molecule has 2 N–H and O–H groups in total. The van der Waals surface area contributed by atoms with Crippen LogP contribution in [0.3, 0.4) is 0 Å². The van der Waals surface area contributed by atoms with E-state index in [4.69, 9.17) is 0 Å². The summed E-state index contributed by atoms with van der Waals surface area (Å²) < 4.78 is 0. The maximum Gasteiger partial charge on any atom is 0.315 e. The molecule has 2 aromatic rings. The van der Waals surface area contributed by atoms with E-state index in [2.05, 4.69) is 15.6 Å². The van der Waals surface area contributed by atoms with Crippen LogP contribution in [-0.4, -0.2) is 16.5 Å². The number of nitro groups is 1. The van der Waals surface area contributed by atoms with Gasteiger partial charge in [0.1, 0.15) is 11.4 Å². The van der Waals surface area contributed by atoms with Crippen LogP contribution in [0.25, 0.3) is 0 Å². The first-order chi connectivity index (χ1) is 9.72. The monoisotopic (exact) mass is 292 g/mol. The number of nitrogens with zero attached hydrogens (tertiary/aromatic N) is 2. The van der Waals surface area contributed by atoms with Crippen molar-refractivity contribution in [2.45, 2.75) is 19.9 Å². The van der Waals surface area contributed by atoms with Crippen molar-refractivity contribution in [3.05, 3.63) is 44.9 Å². The van der Waals surface area contributed by atoms with Crippen molar-refractivity contribution in [2.75, 3.05) is 17.2 Å². The maximum absolute atomic E-state index is 11.3. The predicted molar refractivity (Wildman–Crippen MR) is 81.3 cm³/mol. The largest absolute Gasteiger partial charge is 0.379 e. The molecule has 6 nitrogen and oxygen atoms in total. The fraction of sp³-hybridized carbons (Fsp3) is 0.308. The van der Waals surface area contributed by atoms with Crippen molar-refractivity contribution in [2.24, 2.45) is 0 Å². The quantitative estimate of drug-likeness (QED) is 0.603. The number of rotatable bonds is 7. The van der Waals surface area contributed by atoms with Crippen molar-refractivity contribution < 1.29 is 4.92 Å². The van der Waals surface area contributed by atoms with Gasteiger partial charge in [-0.15, -0.1) is 11.3 Å². The molecule has 0 saturated carbocycles. The van der Waals surface area contributed by atoms with Gasteiger partial charge in [0.25, 0.3) is 0 Å². The van der Waals surface area contributed by atoms with E-state index in [0.717, 1.165) is 12.1 Å². The van der Waals surface area contributed by atoms with Crippen LogP contribution in [0.4, 0.5) is 17.1 Å². The van der Waals surface area contributed by atoms with Crippen molar-refractivity contribution in [1.82, 2.24) is 4.98 Å². The van der Waals surface area contributed by atoms with Gasteiger partial charge in [0.05, 0.1) is 22.7 Å². The Morgan fingerprint density at radius 1 is 1.35 bits per heavy atom. The third-order valence-electron chi connectivity index (χ3n) is 2.73. The van der Waals surface area contributed by atoms with Crippen LogP contribution in [0.15, 0.2) is 29.1 Å². The number of hydrogen-bond acceptors (Lipinski definition) is 6. The van der Waals surface area contributed by atoms with Gasteiger partial charge < -0.3 is 10.6 Å². The summed E-state index contributed by atoms with van der Waals surface area (Å²) in [5.74, 6) is 0. The lowest BCUT2D eigenvalue weighted by atomic mass is 10.2. The predicted octanol–water partition coefficient (Wildman–Crippen LogP) is 3.49. The summed E-state index contributed by atoms with van der Waals surface area (Å²) in [7, 11) is 0. The fourth-order valence-electron chi connectivity index (χ4n) is 1.80.